The summed E-state index contributed by atoms with van der Waals surface area (Å²) in [6.45, 7) is 2.60. The SMILES string of the molecule is CC(C)(CCO)CNC(=O)c1cccc(OCC(F)(F)F)n1. The Hall–Kier alpha value is -1.83. The summed E-state index contributed by atoms with van der Waals surface area (Å²) in [5.41, 5.74) is -0.325. The van der Waals surface area contributed by atoms with Crippen molar-refractivity contribution < 1.29 is 27.8 Å². The summed E-state index contributed by atoms with van der Waals surface area (Å²) in [6.07, 6.45) is -3.95. The Morgan fingerprint density at radius 1 is 1.36 bits per heavy atom. The smallest absolute Gasteiger partial charge is 0.422 e. The van der Waals surface area contributed by atoms with Crippen LogP contribution in [0.1, 0.15) is 30.8 Å². The van der Waals surface area contributed by atoms with Crippen LogP contribution in [0.4, 0.5) is 13.2 Å². The van der Waals surface area contributed by atoms with Crippen molar-refractivity contribution >= 4 is 5.91 Å². The average molecular weight is 320 g/mol. The maximum absolute atomic E-state index is 12.1. The first-order valence-electron chi connectivity index (χ1n) is 6.69. The molecule has 1 heterocycles. The monoisotopic (exact) mass is 320 g/mol. The summed E-state index contributed by atoms with van der Waals surface area (Å²) in [4.78, 5) is 15.7. The van der Waals surface area contributed by atoms with Crippen LogP contribution in [0.25, 0.3) is 0 Å². The molecule has 2 N–H and O–H groups in total. The number of alkyl halides is 3. The number of pyridine rings is 1. The van der Waals surface area contributed by atoms with Gasteiger partial charge in [-0.25, -0.2) is 4.98 Å². The highest BCUT2D eigenvalue weighted by molar-refractivity contribution is 5.92. The Balaban J connectivity index is 2.63. The highest BCUT2D eigenvalue weighted by atomic mass is 19.4. The number of carbonyl (C=O) groups is 1. The molecule has 0 bridgehead atoms. The fourth-order valence-electron chi connectivity index (χ4n) is 1.58. The molecule has 0 fully saturated rings. The maximum Gasteiger partial charge on any atom is 0.422 e. The third-order valence-electron chi connectivity index (χ3n) is 2.86. The molecular formula is C14H19F3N2O3. The number of aliphatic hydroxyl groups is 1. The van der Waals surface area contributed by atoms with Gasteiger partial charge in [-0.3, -0.25) is 4.79 Å². The second-order valence-electron chi connectivity index (χ2n) is 5.59. The topological polar surface area (TPSA) is 71.5 Å². The Kier molecular flexibility index (Phi) is 6.16. The molecule has 0 spiro atoms. The molecule has 1 aromatic rings. The van der Waals surface area contributed by atoms with Crippen LogP contribution in [0.2, 0.25) is 0 Å². The largest absolute Gasteiger partial charge is 0.468 e. The summed E-state index contributed by atoms with van der Waals surface area (Å²) in [5.74, 6) is -0.775. The van der Waals surface area contributed by atoms with Crippen molar-refractivity contribution in [2.45, 2.75) is 26.4 Å². The van der Waals surface area contributed by atoms with Crippen molar-refractivity contribution in [2.24, 2.45) is 5.41 Å². The number of rotatable bonds is 7. The molecule has 0 aliphatic rings. The Labute approximate surface area is 126 Å². The maximum atomic E-state index is 12.1. The predicted molar refractivity (Wildman–Crippen MR) is 73.6 cm³/mol. The molecule has 0 atom stereocenters. The van der Waals surface area contributed by atoms with Crippen LogP contribution < -0.4 is 10.1 Å². The molecule has 1 rings (SSSR count). The van der Waals surface area contributed by atoms with Crippen LogP contribution in [0.15, 0.2) is 18.2 Å². The van der Waals surface area contributed by atoms with Crippen LogP contribution in [0.5, 0.6) is 5.88 Å². The van der Waals surface area contributed by atoms with Gasteiger partial charge in [0, 0.05) is 19.2 Å². The van der Waals surface area contributed by atoms with Gasteiger partial charge in [-0.2, -0.15) is 13.2 Å². The fraction of sp³-hybridized carbons (Fsp3) is 0.571. The van der Waals surface area contributed by atoms with E-state index >= 15 is 0 Å². The van der Waals surface area contributed by atoms with Crippen molar-refractivity contribution in [1.82, 2.24) is 10.3 Å². The molecule has 1 amide bonds. The summed E-state index contributed by atoms with van der Waals surface area (Å²) in [7, 11) is 0. The molecule has 0 saturated heterocycles. The first-order valence-corrected chi connectivity index (χ1v) is 6.69. The second kappa shape index (κ2) is 7.44. The number of amides is 1. The van der Waals surface area contributed by atoms with Crippen LogP contribution >= 0.6 is 0 Å². The highest BCUT2D eigenvalue weighted by Gasteiger charge is 2.28. The van der Waals surface area contributed by atoms with E-state index in [9.17, 15) is 18.0 Å². The van der Waals surface area contributed by atoms with Crippen molar-refractivity contribution in [3.63, 3.8) is 0 Å². The van der Waals surface area contributed by atoms with Crippen molar-refractivity contribution in [1.29, 1.82) is 0 Å². The molecule has 124 valence electrons. The minimum Gasteiger partial charge on any atom is -0.468 e. The number of halogens is 3. The number of aliphatic hydroxyl groups excluding tert-OH is 1. The first kappa shape index (κ1) is 18.2. The Morgan fingerprint density at radius 2 is 2.05 bits per heavy atom. The van der Waals surface area contributed by atoms with E-state index in [1.54, 1.807) is 0 Å². The van der Waals surface area contributed by atoms with Gasteiger partial charge in [0.25, 0.3) is 5.91 Å². The van der Waals surface area contributed by atoms with Gasteiger partial charge in [0.05, 0.1) is 0 Å². The van der Waals surface area contributed by atoms with Crippen LogP contribution in [-0.2, 0) is 0 Å². The van der Waals surface area contributed by atoms with E-state index in [4.69, 9.17) is 5.11 Å². The molecule has 0 aromatic carbocycles. The van der Waals surface area contributed by atoms with Crippen LogP contribution in [-0.4, -0.2) is 41.9 Å². The van der Waals surface area contributed by atoms with Crippen molar-refractivity contribution in [3.8, 4) is 5.88 Å². The highest BCUT2D eigenvalue weighted by Crippen LogP contribution is 2.19. The summed E-state index contributed by atoms with van der Waals surface area (Å²) >= 11 is 0. The summed E-state index contributed by atoms with van der Waals surface area (Å²) < 4.78 is 40.7. The molecule has 5 nitrogen and oxygen atoms in total. The Bertz CT molecular complexity index is 504. The van der Waals surface area contributed by atoms with E-state index in [2.05, 4.69) is 15.0 Å². The van der Waals surface area contributed by atoms with E-state index in [-0.39, 0.29) is 23.6 Å². The van der Waals surface area contributed by atoms with Crippen LogP contribution in [0.3, 0.4) is 0 Å². The van der Waals surface area contributed by atoms with Crippen LogP contribution in [0, 0.1) is 5.41 Å². The van der Waals surface area contributed by atoms with Gasteiger partial charge in [-0.05, 0) is 17.9 Å². The molecular weight excluding hydrogens is 301 g/mol. The van der Waals surface area contributed by atoms with E-state index in [1.165, 1.54) is 18.2 Å². The number of aromatic nitrogens is 1. The Morgan fingerprint density at radius 3 is 2.64 bits per heavy atom. The van der Waals surface area contributed by atoms with Gasteiger partial charge >= 0.3 is 6.18 Å². The third kappa shape index (κ3) is 6.75. The minimum absolute atomic E-state index is 0.00187. The quantitative estimate of drug-likeness (QED) is 0.807. The molecule has 0 saturated carbocycles. The molecule has 1 aromatic heterocycles. The van der Waals surface area contributed by atoms with Gasteiger partial charge in [0.15, 0.2) is 6.61 Å². The standard InChI is InChI=1S/C14H19F3N2O3/c1-13(2,6-7-20)8-18-12(21)10-4-3-5-11(19-10)22-9-14(15,16)17/h3-5,20H,6-9H2,1-2H3,(H,18,21). The lowest BCUT2D eigenvalue weighted by Crippen LogP contribution is -2.35. The number of nitrogens with one attached hydrogen (secondary N) is 1. The molecule has 22 heavy (non-hydrogen) atoms. The van der Waals surface area contributed by atoms with Gasteiger partial charge < -0.3 is 15.2 Å². The summed E-state index contributed by atoms with van der Waals surface area (Å²) in [6, 6.07) is 4.03. The number of ether oxygens (including phenoxy) is 1. The van der Waals surface area contributed by atoms with Gasteiger partial charge in [0.2, 0.25) is 5.88 Å². The van der Waals surface area contributed by atoms with Gasteiger partial charge in [-0.15, -0.1) is 0 Å². The van der Waals surface area contributed by atoms with Gasteiger partial charge in [-0.1, -0.05) is 19.9 Å². The van der Waals surface area contributed by atoms with E-state index in [1.807, 2.05) is 13.8 Å². The van der Waals surface area contributed by atoms with Crippen molar-refractivity contribution in [2.75, 3.05) is 19.8 Å². The predicted octanol–water partition coefficient (Wildman–Crippen LogP) is 2.16. The number of carbonyl (C=O) groups excluding carboxylic acids is 1. The van der Waals surface area contributed by atoms with Crippen molar-refractivity contribution in [3.05, 3.63) is 23.9 Å². The number of nitrogens with zero attached hydrogens (tertiary/aromatic N) is 1. The minimum atomic E-state index is -4.46. The molecule has 0 aliphatic carbocycles. The zero-order chi connectivity index (χ0) is 16.8. The third-order valence-corrected chi connectivity index (χ3v) is 2.86. The number of hydrogen-bond acceptors (Lipinski definition) is 4. The molecule has 0 aliphatic heterocycles. The normalized spacial score (nSPS) is 12.1. The fourth-order valence-corrected chi connectivity index (χ4v) is 1.58. The first-order chi connectivity index (χ1) is 10.1. The zero-order valence-electron chi connectivity index (χ0n) is 12.4. The second-order valence-corrected chi connectivity index (χ2v) is 5.59. The van der Waals surface area contributed by atoms with E-state index in [0.29, 0.717) is 13.0 Å². The van der Waals surface area contributed by atoms with Gasteiger partial charge in [0.1, 0.15) is 5.69 Å². The molecule has 8 heteroatoms. The number of hydrogen-bond donors (Lipinski definition) is 2. The summed E-state index contributed by atoms with van der Waals surface area (Å²) in [5, 5.41) is 11.5. The average Bonchev–Trinajstić information content (AvgIpc) is 2.42. The van der Waals surface area contributed by atoms with E-state index < -0.39 is 18.7 Å². The van der Waals surface area contributed by atoms with E-state index in [0.717, 1.165) is 0 Å². The molecule has 0 unspecified atom stereocenters. The zero-order valence-corrected chi connectivity index (χ0v) is 12.4. The lowest BCUT2D eigenvalue weighted by Gasteiger charge is -2.23. The lowest BCUT2D eigenvalue weighted by molar-refractivity contribution is -0.154. The molecule has 0 radical (unpaired) electrons. The lowest BCUT2D eigenvalue weighted by atomic mass is 9.90.